The number of fused-ring (bicyclic) bond motifs is 1. The Hall–Kier alpha value is -1.61. The molecule has 1 aromatic heterocycles. The third kappa shape index (κ3) is 1.86. The van der Waals surface area contributed by atoms with Gasteiger partial charge < -0.3 is 9.72 Å². The molecule has 16 heavy (non-hydrogen) atoms. The zero-order chi connectivity index (χ0) is 11.7. The molecule has 0 radical (unpaired) electrons. The minimum atomic E-state index is 0.0487. The lowest BCUT2D eigenvalue weighted by atomic mass is 10.1. The minimum absolute atomic E-state index is 0.0487. The molecule has 1 N–H and O–H groups in total. The first kappa shape index (κ1) is 10.9. The van der Waals surface area contributed by atoms with Crippen molar-refractivity contribution in [2.24, 2.45) is 0 Å². The zero-order valence-electron chi connectivity index (χ0n) is 9.76. The summed E-state index contributed by atoms with van der Waals surface area (Å²) in [5, 5.41) is 0.748. The standard InChI is InChI=1S/C13H15NO2/c1-8-4-9(2)13-11(5-8)12(15)6-10(14-13)7-16-3/h4-6H,7H2,1-3H3,(H,14,15). The van der Waals surface area contributed by atoms with Crippen LogP contribution in [0.5, 0.6) is 0 Å². The van der Waals surface area contributed by atoms with Gasteiger partial charge in [-0.1, -0.05) is 6.07 Å². The van der Waals surface area contributed by atoms with E-state index < -0.39 is 0 Å². The van der Waals surface area contributed by atoms with E-state index in [-0.39, 0.29) is 5.43 Å². The number of aryl methyl sites for hydroxylation is 2. The van der Waals surface area contributed by atoms with Crippen LogP contribution < -0.4 is 5.43 Å². The number of nitrogens with one attached hydrogen (secondary N) is 1. The average molecular weight is 217 g/mol. The minimum Gasteiger partial charge on any atom is -0.378 e. The predicted molar refractivity (Wildman–Crippen MR) is 64.8 cm³/mol. The van der Waals surface area contributed by atoms with Gasteiger partial charge in [-0.05, 0) is 31.0 Å². The molecule has 0 spiro atoms. The number of aromatic amines is 1. The first-order valence-corrected chi connectivity index (χ1v) is 5.24. The molecule has 0 atom stereocenters. The summed E-state index contributed by atoms with van der Waals surface area (Å²) in [5.74, 6) is 0. The SMILES string of the molecule is COCc1cc(=O)c2cc(C)cc(C)c2[nH]1. The van der Waals surface area contributed by atoms with E-state index in [0.29, 0.717) is 6.61 Å². The van der Waals surface area contributed by atoms with Crippen LogP contribution in [0.25, 0.3) is 10.9 Å². The Morgan fingerprint density at radius 1 is 1.25 bits per heavy atom. The molecule has 0 amide bonds. The third-order valence-electron chi connectivity index (χ3n) is 2.64. The fourth-order valence-electron chi connectivity index (χ4n) is 1.99. The Kier molecular flexibility index (Phi) is 2.79. The van der Waals surface area contributed by atoms with Gasteiger partial charge in [0.05, 0.1) is 12.1 Å². The number of H-pyrrole nitrogens is 1. The van der Waals surface area contributed by atoms with Crippen LogP contribution in [0, 0.1) is 13.8 Å². The van der Waals surface area contributed by atoms with Crippen LogP contribution in [0.2, 0.25) is 0 Å². The molecule has 0 aliphatic heterocycles. The number of aromatic nitrogens is 1. The molecular weight excluding hydrogens is 202 g/mol. The smallest absolute Gasteiger partial charge is 0.189 e. The van der Waals surface area contributed by atoms with E-state index in [4.69, 9.17) is 4.74 Å². The molecule has 0 aliphatic rings. The summed E-state index contributed by atoms with van der Waals surface area (Å²) in [5.41, 5.74) is 3.96. The number of benzene rings is 1. The van der Waals surface area contributed by atoms with Crippen LogP contribution in [-0.2, 0) is 11.3 Å². The Labute approximate surface area is 94.1 Å². The highest BCUT2D eigenvalue weighted by molar-refractivity contribution is 5.82. The molecule has 1 heterocycles. The first-order valence-electron chi connectivity index (χ1n) is 5.24. The second-order valence-electron chi connectivity index (χ2n) is 4.10. The Balaban J connectivity index is 2.77. The van der Waals surface area contributed by atoms with Gasteiger partial charge in [0.2, 0.25) is 0 Å². The first-order chi connectivity index (χ1) is 7.61. The summed E-state index contributed by atoms with van der Waals surface area (Å²) >= 11 is 0. The normalized spacial score (nSPS) is 10.9. The molecule has 84 valence electrons. The van der Waals surface area contributed by atoms with Crippen molar-refractivity contribution in [1.82, 2.24) is 4.98 Å². The molecular formula is C13H15NO2. The summed E-state index contributed by atoms with van der Waals surface area (Å²) < 4.78 is 5.03. The molecule has 2 rings (SSSR count). The summed E-state index contributed by atoms with van der Waals surface area (Å²) in [6.45, 7) is 4.43. The van der Waals surface area contributed by atoms with Crippen LogP contribution in [0.3, 0.4) is 0 Å². The third-order valence-corrected chi connectivity index (χ3v) is 2.64. The maximum atomic E-state index is 11.9. The van der Waals surface area contributed by atoms with Gasteiger partial charge in [-0.15, -0.1) is 0 Å². The summed E-state index contributed by atoms with van der Waals surface area (Å²) in [7, 11) is 1.62. The molecule has 3 heteroatoms. The van der Waals surface area contributed by atoms with Crippen LogP contribution in [0.4, 0.5) is 0 Å². The maximum Gasteiger partial charge on any atom is 0.189 e. The topological polar surface area (TPSA) is 42.1 Å². The molecule has 2 aromatic rings. The van der Waals surface area contributed by atoms with Crippen LogP contribution in [0.1, 0.15) is 16.8 Å². The predicted octanol–water partition coefficient (Wildman–Crippen LogP) is 2.29. The highest BCUT2D eigenvalue weighted by Crippen LogP contribution is 2.16. The van der Waals surface area contributed by atoms with Crippen molar-refractivity contribution in [2.45, 2.75) is 20.5 Å². The summed E-state index contributed by atoms with van der Waals surface area (Å²) in [4.78, 5) is 15.1. The fraction of sp³-hybridized carbons (Fsp3) is 0.308. The number of hydrogen-bond donors (Lipinski definition) is 1. The largest absolute Gasteiger partial charge is 0.378 e. The molecule has 0 aliphatic carbocycles. The Bertz CT molecular complexity index is 584. The quantitative estimate of drug-likeness (QED) is 0.838. The lowest BCUT2D eigenvalue weighted by Gasteiger charge is -2.07. The highest BCUT2D eigenvalue weighted by Gasteiger charge is 2.05. The van der Waals surface area contributed by atoms with E-state index in [2.05, 4.69) is 11.1 Å². The number of hydrogen-bond acceptors (Lipinski definition) is 2. The van der Waals surface area contributed by atoms with Crippen molar-refractivity contribution in [2.75, 3.05) is 7.11 Å². The van der Waals surface area contributed by atoms with Gasteiger partial charge in [0.25, 0.3) is 0 Å². The van der Waals surface area contributed by atoms with Crippen molar-refractivity contribution in [3.05, 3.63) is 45.2 Å². The number of ether oxygens (including phenoxy) is 1. The maximum absolute atomic E-state index is 11.9. The zero-order valence-corrected chi connectivity index (χ0v) is 9.76. The Morgan fingerprint density at radius 2 is 2.00 bits per heavy atom. The summed E-state index contributed by atoms with van der Waals surface area (Å²) in [6, 6.07) is 5.58. The number of rotatable bonds is 2. The number of methoxy groups -OCH3 is 1. The van der Waals surface area contributed by atoms with Gasteiger partial charge in [-0.25, -0.2) is 0 Å². The van der Waals surface area contributed by atoms with E-state index in [0.717, 1.165) is 27.7 Å². The average Bonchev–Trinajstić information content (AvgIpc) is 2.20. The van der Waals surface area contributed by atoms with Crippen molar-refractivity contribution in [3.63, 3.8) is 0 Å². The Morgan fingerprint density at radius 3 is 2.69 bits per heavy atom. The van der Waals surface area contributed by atoms with E-state index in [1.54, 1.807) is 13.2 Å². The van der Waals surface area contributed by atoms with Gasteiger partial charge in [0, 0.05) is 24.3 Å². The molecule has 0 unspecified atom stereocenters. The molecule has 3 nitrogen and oxygen atoms in total. The summed E-state index contributed by atoms with van der Waals surface area (Å²) in [6.07, 6.45) is 0. The van der Waals surface area contributed by atoms with Crippen LogP contribution in [-0.4, -0.2) is 12.1 Å². The molecule has 0 saturated heterocycles. The number of pyridine rings is 1. The van der Waals surface area contributed by atoms with E-state index >= 15 is 0 Å². The van der Waals surface area contributed by atoms with Gasteiger partial charge in [-0.2, -0.15) is 0 Å². The second kappa shape index (κ2) is 4.10. The monoisotopic (exact) mass is 217 g/mol. The molecule has 0 bridgehead atoms. The van der Waals surface area contributed by atoms with Crippen molar-refractivity contribution in [1.29, 1.82) is 0 Å². The van der Waals surface area contributed by atoms with Gasteiger partial charge in [0.1, 0.15) is 0 Å². The van der Waals surface area contributed by atoms with E-state index in [1.165, 1.54) is 0 Å². The van der Waals surface area contributed by atoms with Crippen molar-refractivity contribution >= 4 is 10.9 Å². The van der Waals surface area contributed by atoms with Crippen molar-refractivity contribution < 1.29 is 4.74 Å². The van der Waals surface area contributed by atoms with Gasteiger partial charge in [0.15, 0.2) is 5.43 Å². The highest BCUT2D eigenvalue weighted by atomic mass is 16.5. The molecule has 0 saturated carbocycles. The van der Waals surface area contributed by atoms with E-state index in [1.807, 2.05) is 19.9 Å². The van der Waals surface area contributed by atoms with Gasteiger partial charge >= 0.3 is 0 Å². The molecule has 1 aromatic carbocycles. The second-order valence-corrected chi connectivity index (χ2v) is 4.10. The van der Waals surface area contributed by atoms with E-state index in [9.17, 15) is 4.79 Å². The lowest BCUT2D eigenvalue weighted by Crippen LogP contribution is -2.07. The molecule has 0 fully saturated rings. The van der Waals surface area contributed by atoms with Crippen LogP contribution >= 0.6 is 0 Å². The van der Waals surface area contributed by atoms with Gasteiger partial charge in [-0.3, -0.25) is 4.79 Å². The van der Waals surface area contributed by atoms with Crippen LogP contribution in [0.15, 0.2) is 23.0 Å². The lowest BCUT2D eigenvalue weighted by molar-refractivity contribution is 0.181. The fourth-order valence-corrected chi connectivity index (χ4v) is 1.99. The van der Waals surface area contributed by atoms with Crippen molar-refractivity contribution in [3.8, 4) is 0 Å².